The number of non-ortho nitro benzene ring substituents is 1. The van der Waals surface area contributed by atoms with E-state index in [4.69, 9.17) is 4.74 Å². The van der Waals surface area contributed by atoms with Crippen molar-refractivity contribution in [1.82, 2.24) is 9.88 Å². The third kappa shape index (κ3) is 6.52. The van der Waals surface area contributed by atoms with Crippen LogP contribution in [0.3, 0.4) is 0 Å². The number of aromatic nitrogens is 1. The molecular weight excluding hydrogens is 434 g/mol. The van der Waals surface area contributed by atoms with Gasteiger partial charge >= 0.3 is 0 Å². The fraction of sp³-hybridized carbons (Fsp3) is 0.280. The lowest BCUT2D eigenvalue weighted by atomic mass is 10.2. The second-order valence-corrected chi connectivity index (χ2v) is 8.10. The molecule has 1 saturated heterocycles. The molecule has 0 bridgehead atoms. The highest BCUT2D eigenvalue weighted by Crippen LogP contribution is 2.18. The zero-order chi connectivity index (χ0) is 23.8. The molecule has 1 fully saturated rings. The van der Waals surface area contributed by atoms with Crippen LogP contribution < -0.4 is 15.0 Å². The number of benzene rings is 2. The molecule has 9 nitrogen and oxygen atoms in total. The van der Waals surface area contributed by atoms with E-state index in [1.807, 2.05) is 42.5 Å². The Balaban J connectivity index is 1.25. The summed E-state index contributed by atoms with van der Waals surface area (Å²) in [4.78, 5) is 31.7. The van der Waals surface area contributed by atoms with E-state index in [0.717, 1.165) is 50.5 Å². The topological polar surface area (TPSA) is 101 Å². The fourth-order valence-electron chi connectivity index (χ4n) is 3.85. The number of hydrogen-bond acceptors (Lipinski definition) is 7. The maximum Gasteiger partial charge on any atom is 0.269 e. The van der Waals surface area contributed by atoms with Crippen LogP contribution >= 0.6 is 0 Å². The van der Waals surface area contributed by atoms with Gasteiger partial charge in [-0.1, -0.05) is 30.3 Å². The van der Waals surface area contributed by atoms with Gasteiger partial charge in [-0.05, 0) is 36.2 Å². The average Bonchev–Trinajstić information content (AvgIpc) is 3.10. The molecule has 2 aromatic carbocycles. The van der Waals surface area contributed by atoms with Gasteiger partial charge in [0.15, 0.2) is 6.61 Å². The first-order valence-electron chi connectivity index (χ1n) is 11.2. The number of rotatable bonds is 8. The number of nitro groups is 1. The van der Waals surface area contributed by atoms with Crippen LogP contribution in [0.5, 0.6) is 5.75 Å². The standard InChI is InChI=1S/C25H27N5O4/c31-25(19-34-23-5-2-1-3-6-23)27-21-9-12-24(26-17-21)29-14-4-13-28(15-16-29)18-20-7-10-22(11-8-20)30(32)33/h1-3,5-12,17H,4,13-16,18-19H2,(H,27,31). The number of nitrogens with one attached hydrogen (secondary N) is 1. The molecule has 9 heteroatoms. The van der Waals surface area contributed by atoms with E-state index in [0.29, 0.717) is 11.4 Å². The lowest BCUT2D eigenvalue weighted by molar-refractivity contribution is -0.384. The number of nitro benzene ring substituents is 1. The van der Waals surface area contributed by atoms with Crippen LogP contribution in [0.15, 0.2) is 72.9 Å². The largest absolute Gasteiger partial charge is 0.484 e. The van der Waals surface area contributed by atoms with Crippen LogP contribution in [0.25, 0.3) is 0 Å². The Labute approximate surface area is 198 Å². The summed E-state index contributed by atoms with van der Waals surface area (Å²) in [5.74, 6) is 1.28. The van der Waals surface area contributed by atoms with E-state index in [1.165, 1.54) is 0 Å². The van der Waals surface area contributed by atoms with Crippen molar-refractivity contribution in [2.75, 3.05) is 43.0 Å². The highest BCUT2D eigenvalue weighted by Gasteiger charge is 2.17. The zero-order valence-electron chi connectivity index (χ0n) is 18.8. The molecule has 1 aromatic heterocycles. The molecule has 1 N–H and O–H groups in total. The fourth-order valence-corrected chi connectivity index (χ4v) is 3.85. The van der Waals surface area contributed by atoms with Gasteiger partial charge in [-0.15, -0.1) is 0 Å². The molecule has 1 aliphatic rings. The van der Waals surface area contributed by atoms with E-state index in [-0.39, 0.29) is 23.1 Å². The minimum absolute atomic E-state index is 0.0670. The van der Waals surface area contributed by atoms with Crippen molar-refractivity contribution in [2.24, 2.45) is 0 Å². The predicted octanol–water partition coefficient (Wildman–Crippen LogP) is 3.72. The molecular formula is C25H27N5O4. The Bertz CT molecular complexity index is 1090. The number of hydrogen-bond donors (Lipinski definition) is 1. The molecule has 1 aliphatic heterocycles. The average molecular weight is 462 g/mol. The number of anilines is 2. The van der Waals surface area contributed by atoms with Crippen LogP contribution in [0.2, 0.25) is 0 Å². The van der Waals surface area contributed by atoms with Crippen LogP contribution in [-0.2, 0) is 11.3 Å². The SMILES string of the molecule is O=C(COc1ccccc1)Nc1ccc(N2CCCN(Cc3ccc([N+](=O)[O-])cc3)CC2)nc1. The number of carbonyl (C=O) groups excluding carboxylic acids is 1. The number of amides is 1. The highest BCUT2D eigenvalue weighted by molar-refractivity contribution is 5.91. The van der Waals surface area contributed by atoms with Crippen LogP contribution in [-0.4, -0.2) is 53.5 Å². The van der Waals surface area contributed by atoms with Crippen molar-refractivity contribution in [2.45, 2.75) is 13.0 Å². The summed E-state index contributed by atoms with van der Waals surface area (Å²) in [5, 5.41) is 13.6. The van der Waals surface area contributed by atoms with Crippen LogP contribution in [0, 0.1) is 10.1 Å². The van der Waals surface area contributed by atoms with Crippen molar-refractivity contribution in [3.05, 3.63) is 88.6 Å². The molecule has 4 rings (SSSR count). The van der Waals surface area contributed by atoms with Crippen molar-refractivity contribution < 1.29 is 14.5 Å². The van der Waals surface area contributed by atoms with Crippen molar-refractivity contribution in [3.8, 4) is 5.75 Å². The summed E-state index contributed by atoms with van der Waals surface area (Å²) in [5.41, 5.74) is 1.80. The molecule has 1 amide bonds. The minimum atomic E-state index is -0.379. The summed E-state index contributed by atoms with van der Waals surface area (Å²) in [6.07, 6.45) is 2.65. The van der Waals surface area contributed by atoms with Gasteiger partial charge in [-0.25, -0.2) is 4.98 Å². The molecule has 3 aromatic rings. The van der Waals surface area contributed by atoms with Crippen molar-refractivity contribution >= 4 is 23.1 Å². The van der Waals surface area contributed by atoms with Gasteiger partial charge in [-0.2, -0.15) is 0 Å². The normalized spacial score (nSPS) is 14.3. The van der Waals surface area contributed by atoms with E-state index in [2.05, 4.69) is 20.1 Å². The number of pyridine rings is 1. The van der Waals surface area contributed by atoms with Gasteiger partial charge in [0, 0.05) is 44.9 Å². The van der Waals surface area contributed by atoms with Crippen LogP contribution in [0.4, 0.5) is 17.2 Å². The Morgan fingerprint density at radius 2 is 1.79 bits per heavy atom. The molecule has 0 aliphatic carbocycles. The van der Waals surface area contributed by atoms with Crippen LogP contribution in [0.1, 0.15) is 12.0 Å². The maximum atomic E-state index is 12.1. The van der Waals surface area contributed by atoms with Crippen molar-refractivity contribution in [1.29, 1.82) is 0 Å². The van der Waals surface area contributed by atoms with E-state index < -0.39 is 0 Å². The third-order valence-corrected chi connectivity index (χ3v) is 5.61. The zero-order valence-corrected chi connectivity index (χ0v) is 18.8. The quantitative estimate of drug-likeness (QED) is 0.403. The van der Waals surface area contributed by atoms with Gasteiger partial charge in [0.1, 0.15) is 11.6 Å². The minimum Gasteiger partial charge on any atom is -0.484 e. The predicted molar refractivity (Wildman–Crippen MR) is 130 cm³/mol. The first kappa shape index (κ1) is 23.2. The highest BCUT2D eigenvalue weighted by atomic mass is 16.6. The van der Waals surface area contributed by atoms with Crippen molar-refractivity contribution in [3.63, 3.8) is 0 Å². The Kier molecular flexibility index (Phi) is 7.67. The van der Waals surface area contributed by atoms with Gasteiger partial charge in [0.2, 0.25) is 0 Å². The van der Waals surface area contributed by atoms with Gasteiger partial charge in [-0.3, -0.25) is 19.8 Å². The number of ether oxygens (including phenoxy) is 1. The first-order chi connectivity index (χ1) is 16.6. The van der Waals surface area contributed by atoms with E-state index in [9.17, 15) is 14.9 Å². The summed E-state index contributed by atoms with van der Waals surface area (Å²) in [6.45, 7) is 4.23. The van der Waals surface area contributed by atoms with Gasteiger partial charge in [0.05, 0.1) is 16.8 Å². The van der Waals surface area contributed by atoms with E-state index in [1.54, 1.807) is 30.5 Å². The molecule has 0 spiro atoms. The molecule has 176 valence electrons. The number of para-hydroxylation sites is 1. The second kappa shape index (κ2) is 11.2. The molecule has 0 saturated carbocycles. The van der Waals surface area contributed by atoms with Gasteiger partial charge < -0.3 is 15.0 Å². The summed E-state index contributed by atoms with van der Waals surface area (Å²) >= 11 is 0. The molecule has 2 heterocycles. The molecule has 0 radical (unpaired) electrons. The third-order valence-electron chi connectivity index (χ3n) is 5.61. The maximum absolute atomic E-state index is 12.1. The number of carbonyl (C=O) groups is 1. The number of nitrogens with zero attached hydrogens (tertiary/aromatic N) is 4. The van der Waals surface area contributed by atoms with E-state index >= 15 is 0 Å². The summed E-state index contributed by atoms with van der Waals surface area (Å²) in [7, 11) is 0. The molecule has 0 unspecified atom stereocenters. The second-order valence-electron chi connectivity index (χ2n) is 8.10. The monoisotopic (exact) mass is 461 g/mol. The lowest BCUT2D eigenvalue weighted by Gasteiger charge is -2.23. The Hall–Kier alpha value is -3.98. The summed E-state index contributed by atoms with van der Waals surface area (Å²) in [6, 6.07) is 19.7. The van der Waals surface area contributed by atoms with Gasteiger partial charge in [0.25, 0.3) is 11.6 Å². The Morgan fingerprint density at radius 1 is 1.00 bits per heavy atom. The Morgan fingerprint density at radius 3 is 2.50 bits per heavy atom. The summed E-state index contributed by atoms with van der Waals surface area (Å²) < 4.78 is 5.47. The molecule has 34 heavy (non-hydrogen) atoms. The molecule has 0 atom stereocenters. The lowest BCUT2D eigenvalue weighted by Crippen LogP contribution is -2.31. The first-order valence-corrected chi connectivity index (χ1v) is 11.2. The smallest absolute Gasteiger partial charge is 0.269 e.